The summed E-state index contributed by atoms with van der Waals surface area (Å²) in [5, 5.41) is 5.06. The lowest BCUT2D eigenvalue weighted by Gasteiger charge is -2.22. The zero-order valence-electron chi connectivity index (χ0n) is 15.9. The van der Waals surface area contributed by atoms with Gasteiger partial charge in [0.25, 0.3) is 5.91 Å². The van der Waals surface area contributed by atoms with E-state index in [4.69, 9.17) is 16.0 Å². The lowest BCUT2D eigenvalue weighted by Crippen LogP contribution is -2.29. The van der Waals surface area contributed by atoms with Crippen LogP contribution in [0, 0.1) is 0 Å². The monoisotopic (exact) mass is 444 g/mol. The van der Waals surface area contributed by atoms with E-state index < -0.39 is 6.04 Å². The number of fused-ring (bicyclic) bond motifs is 4. The summed E-state index contributed by atoms with van der Waals surface area (Å²) in [6.45, 7) is 0. The standard InChI is InChI=1S/C24H13ClN2O3S/c25-15-8-5-14(6-9-15)19-18-20(28)17-10-7-13-3-1-2-4-16(13)21(17)30-22(18)23(29)27(19)24-26-11-12-31-24/h1-12,19H/t19-/m1/s1. The Labute approximate surface area is 185 Å². The predicted octanol–water partition coefficient (Wildman–Crippen LogP) is 5.81. The Morgan fingerprint density at radius 1 is 0.968 bits per heavy atom. The molecule has 0 unspecified atom stereocenters. The highest BCUT2D eigenvalue weighted by molar-refractivity contribution is 7.13. The van der Waals surface area contributed by atoms with Crippen molar-refractivity contribution in [1.82, 2.24) is 4.98 Å². The van der Waals surface area contributed by atoms with Gasteiger partial charge in [0, 0.05) is 22.0 Å². The van der Waals surface area contributed by atoms with Gasteiger partial charge in [-0.25, -0.2) is 4.98 Å². The van der Waals surface area contributed by atoms with Crippen LogP contribution in [0.1, 0.15) is 27.7 Å². The predicted molar refractivity (Wildman–Crippen MR) is 122 cm³/mol. The summed E-state index contributed by atoms with van der Waals surface area (Å²) in [5.41, 5.74) is 1.30. The first-order valence-corrected chi connectivity index (χ1v) is 10.9. The summed E-state index contributed by atoms with van der Waals surface area (Å²) in [6.07, 6.45) is 1.63. The average molecular weight is 445 g/mol. The van der Waals surface area contributed by atoms with Crippen LogP contribution in [0.2, 0.25) is 5.02 Å². The molecular weight excluding hydrogens is 432 g/mol. The number of hydrogen-bond acceptors (Lipinski definition) is 5. The number of benzene rings is 3. The molecule has 6 rings (SSSR count). The van der Waals surface area contributed by atoms with Crippen LogP contribution in [0.15, 0.2) is 81.5 Å². The highest BCUT2D eigenvalue weighted by Gasteiger charge is 2.44. The lowest BCUT2D eigenvalue weighted by atomic mass is 9.98. The molecule has 0 bridgehead atoms. The van der Waals surface area contributed by atoms with Gasteiger partial charge in [0.1, 0.15) is 5.58 Å². The number of anilines is 1. The molecule has 0 aliphatic carbocycles. The molecular formula is C24H13ClN2O3S. The number of carbonyl (C=O) groups is 1. The molecule has 1 aliphatic heterocycles. The summed E-state index contributed by atoms with van der Waals surface area (Å²) in [7, 11) is 0. The third-order valence-electron chi connectivity index (χ3n) is 5.57. The minimum atomic E-state index is -0.641. The van der Waals surface area contributed by atoms with Crippen LogP contribution in [0.25, 0.3) is 21.7 Å². The molecule has 0 saturated heterocycles. The summed E-state index contributed by atoms with van der Waals surface area (Å²) in [4.78, 5) is 33.1. The zero-order valence-corrected chi connectivity index (χ0v) is 17.5. The third kappa shape index (κ3) is 2.65. The molecule has 2 aromatic heterocycles. The number of rotatable bonds is 2. The van der Waals surface area contributed by atoms with E-state index in [9.17, 15) is 9.59 Å². The Balaban J connectivity index is 1.70. The number of nitrogens with zero attached hydrogens (tertiary/aromatic N) is 2. The van der Waals surface area contributed by atoms with Crippen LogP contribution in [-0.2, 0) is 0 Å². The Morgan fingerprint density at radius 3 is 2.55 bits per heavy atom. The first-order chi connectivity index (χ1) is 15.1. The molecule has 0 N–H and O–H groups in total. The fourth-order valence-electron chi connectivity index (χ4n) is 4.19. The smallest absolute Gasteiger partial charge is 0.297 e. The minimum Gasteiger partial charge on any atom is -0.450 e. The van der Waals surface area contributed by atoms with Crippen LogP contribution in [0.5, 0.6) is 0 Å². The van der Waals surface area contributed by atoms with Crippen molar-refractivity contribution in [3.05, 3.63) is 104 Å². The van der Waals surface area contributed by atoms with Gasteiger partial charge < -0.3 is 4.42 Å². The van der Waals surface area contributed by atoms with Crippen molar-refractivity contribution in [3.8, 4) is 0 Å². The highest BCUT2D eigenvalue weighted by atomic mass is 35.5. The van der Waals surface area contributed by atoms with Crippen LogP contribution in [0.3, 0.4) is 0 Å². The van der Waals surface area contributed by atoms with Crippen molar-refractivity contribution in [1.29, 1.82) is 0 Å². The van der Waals surface area contributed by atoms with E-state index in [0.29, 0.717) is 26.7 Å². The number of hydrogen-bond donors (Lipinski definition) is 0. The fraction of sp³-hybridized carbons (Fsp3) is 0.0417. The molecule has 150 valence electrons. The molecule has 7 heteroatoms. The minimum absolute atomic E-state index is 0.0593. The summed E-state index contributed by atoms with van der Waals surface area (Å²) in [5.74, 6) is -0.319. The van der Waals surface area contributed by atoms with E-state index in [1.807, 2.05) is 42.5 Å². The van der Waals surface area contributed by atoms with Gasteiger partial charge in [-0.2, -0.15) is 0 Å². The number of halogens is 1. The van der Waals surface area contributed by atoms with Gasteiger partial charge in [0.05, 0.1) is 17.0 Å². The second-order valence-corrected chi connectivity index (χ2v) is 8.59. The molecule has 0 fully saturated rings. The van der Waals surface area contributed by atoms with Crippen molar-refractivity contribution in [2.45, 2.75) is 6.04 Å². The van der Waals surface area contributed by atoms with E-state index in [1.54, 1.807) is 29.8 Å². The van der Waals surface area contributed by atoms with Gasteiger partial charge in [-0.1, -0.05) is 54.1 Å². The number of aromatic nitrogens is 1. The fourth-order valence-corrected chi connectivity index (χ4v) is 4.99. The molecule has 5 aromatic rings. The molecule has 1 amide bonds. The topological polar surface area (TPSA) is 63.4 Å². The van der Waals surface area contributed by atoms with Gasteiger partial charge >= 0.3 is 0 Å². The highest BCUT2D eigenvalue weighted by Crippen LogP contribution is 2.42. The summed E-state index contributed by atoms with van der Waals surface area (Å²) >= 11 is 7.41. The normalized spacial score (nSPS) is 15.7. The van der Waals surface area contributed by atoms with Gasteiger partial charge in [-0.05, 0) is 29.1 Å². The summed E-state index contributed by atoms with van der Waals surface area (Å²) in [6, 6.07) is 17.8. The molecule has 31 heavy (non-hydrogen) atoms. The first kappa shape index (κ1) is 18.3. The van der Waals surface area contributed by atoms with Crippen LogP contribution < -0.4 is 10.3 Å². The SMILES string of the molecule is O=C1c2oc3c(ccc4ccccc43)c(=O)c2[C@@H](c2ccc(Cl)cc2)N1c1nccs1. The Kier molecular flexibility index (Phi) is 4.00. The number of thiazole rings is 1. The van der Waals surface area contributed by atoms with Crippen molar-refractivity contribution in [2.24, 2.45) is 0 Å². The zero-order chi connectivity index (χ0) is 21.1. The number of carbonyl (C=O) groups excluding carboxylic acids is 1. The van der Waals surface area contributed by atoms with Gasteiger partial charge in [-0.15, -0.1) is 11.3 Å². The molecule has 3 aromatic carbocycles. The van der Waals surface area contributed by atoms with E-state index in [2.05, 4.69) is 4.98 Å². The van der Waals surface area contributed by atoms with Crippen LogP contribution in [-0.4, -0.2) is 10.9 Å². The van der Waals surface area contributed by atoms with Crippen LogP contribution in [0.4, 0.5) is 5.13 Å². The maximum Gasteiger partial charge on any atom is 0.297 e. The third-order valence-corrected chi connectivity index (χ3v) is 6.60. The lowest BCUT2D eigenvalue weighted by molar-refractivity contribution is 0.0971. The Hall–Kier alpha value is -3.48. The van der Waals surface area contributed by atoms with Crippen molar-refractivity contribution >= 4 is 55.7 Å². The molecule has 3 heterocycles. The Morgan fingerprint density at radius 2 is 1.77 bits per heavy atom. The first-order valence-electron chi connectivity index (χ1n) is 9.60. The van der Waals surface area contributed by atoms with E-state index >= 15 is 0 Å². The second kappa shape index (κ2) is 6.77. The molecule has 1 aliphatic rings. The summed E-state index contributed by atoms with van der Waals surface area (Å²) < 4.78 is 6.17. The van der Waals surface area contributed by atoms with E-state index in [1.165, 1.54) is 16.2 Å². The van der Waals surface area contributed by atoms with E-state index in [0.717, 1.165) is 16.3 Å². The van der Waals surface area contributed by atoms with Gasteiger partial charge in [-0.3, -0.25) is 14.5 Å². The molecule has 5 nitrogen and oxygen atoms in total. The molecule has 1 atom stereocenters. The maximum atomic E-state index is 13.7. The molecule has 0 radical (unpaired) electrons. The van der Waals surface area contributed by atoms with Crippen molar-refractivity contribution in [3.63, 3.8) is 0 Å². The van der Waals surface area contributed by atoms with Crippen LogP contribution >= 0.6 is 22.9 Å². The molecule has 0 saturated carbocycles. The van der Waals surface area contributed by atoms with Gasteiger partial charge in [0.2, 0.25) is 5.76 Å². The van der Waals surface area contributed by atoms with E-state index in [-0.39, 0.29) is 17.1 Å². The van der Waals surface area contributed by atoms with Crippen molar-refractivity contribution in [2.75, 3.05) is 4.90 Å². The quantitative estimate of drug-likeness (QED) is 0.322. The largest absolute Gasteiger partial charge is 0.450 e. The Bertz CT molecular complexity index is 1540. The maximum absolute atomic E-state index is 13.7. The van der Waals surface area contributed by atoms with Gasteiger partial charge in [0.15, 0.2) is 10.6 Å². The molecule has 0 spiro atoms. The number of amides is 1. The van der Waals surface area contributed by atoms with Crippen molar-refractivity contribution < 1.29 is 9.21 Å². The second-order valence-electron chi connectivity index (χ2n) is 7.28. The average Bonchev–Trinajstić information content (AvgIpc) is 3.41.